The highest BCUT2D eigenvalue weighted by Crippen LogP contribution is 2.27. The Labute approximate surface area is 138 Å². The molecule has 1 aromatic carbocycles. The van der Waals surface area contributed by atoms with Gasteiger partial charge in [0.25, 0.3) is 5.91 Å². The first-order valence-corrected chi connectivity index (χ1v) is 8.67. The van der Waals surface area contributed by atoms with Crippen molar-refractivity contribution in [2.24, 2.45) is 0 Å². The summed E-state index contributed by atoms with van der Waals surface area (Å²) in [7, 11) is 0. The molecule has 1 aromatic heterocycles. The van der Waals surface area contributed by atoms with Crippen LogP contribution in [0.25, 0.3) is 0 Å². The van der Waals surface area contributed by atoms with Crippen LogP contribution >= 0.6 is 22.9 Å². The molecule has 116 valence electrons. The Hall–Kier alpha value is -1.43. The zero-order chi connectivity index (χ0) is 15.4. The van der Waals surface area contributed by atoms with Crippen LogP contribution < -0.4 is 10.6 Å². The van der Waals surface area contributed by atoms with E-state index in [1.165, 1.54) is 0 Å². The lowest BCUT2D eigenvalue weighted by atomic mass is 9.99. The fraction of sp³-hybridized carbons (Fsp3) is 0.375. The Balaban J connectivity index is 1.58. The van der Waals surface area contributed by atoms with Gasteiger partial charge in [0.05, 0.1) is 5.01 Å². The van der Waals surface area contributed by atoms with Crippen molar-refractivity contribution in [3.8, 4) is 0 Å². The molecular weight excluding hydrogens is 318 g/mol. The Morgan fingerprint density at radius 2 is 2.05 bits per heavy atom. The van der Waals surface area contributed by atoms with Gasteiger partial charge in [0.2, 0.25) is 0 Å². The molecule has 0 saturated carbocycles. The second-order valence-electron chi connectivity index (χ2n) is 5.40. The third kappa shape index (κ3) is 3.85. The van der Waals surface area contributed by atoms with Crippen LogP contribution in [0.4, 0.5) is 0 Å². The van der Waals surface area contributed by atoms with Gasteiger partial charge in [-0.3, -0.25) is 4.79 Å². The Bertz CT molecular complexity index is 635. The summed E-state index contributed by atoms with van der Waals surface area (Å²) in [5, 5.41) is 9.88. The molecule has 1 aliphatic rings. The molecule has 1 saturated heterocycles. The van der Waals surface area contributed by atoms with Gasteiger partial charge in [0.1, 0.15) is 5.69 Å². The number of carbonyl (C=O) groups is 1. The summed E-state index contributed by atoms with van der Waals surface area (Å²) in [5.41, 5.74) is 1.54. The predicted molar refractivity (Wildman–Crippen MR) is 89.6 cm³/mol. The Morgan fingerprint density at radius 3 is 2.77 bits per heavy atom. The average Bonchev–Trinajstić information content (AvgIpc) is 3.05. The second kappa shape index (κ2) is 7.22. The molecule has 0 aliphatic carbocycles. The van der Waals surface area contributed by atoms with Gasteiger partial charge in [-0.1, -0.05) is 23.7 Å². The average molecular weight is 336 g/mol. The van der Waals surface area contributed by atoms with Crippen molar-refractivity contribution in [3.05, 3.63) is 50.9 Å². The summed E-state index contributed by atoms with van der Waals surface area (Å²) in [6.07, 6.45) is 2.19. The number of rotatable bonds is 4. The van der Waals surface area contributed by atoms with E-state index in [0.29, 0.717) is 23.2 Å². The molecule has 1 amide bonds. The molecule has 4 nitrogen and oxygen atoms in total. The van der Waals surface area contributed by atoms with Crippen LogP contribution in [0.15, 0.2) is 29.6 Å². The number of piperidine rings is 1. The van der Waals surface area contributed by atoms with Crippen molar-refractivity contribution in [1.29, 1.82) is 0 Å². The number of aromatic nitrogens is 1. The summed E-state index contributed by atoms with van der Waals surface area (Å²) in [6.45, 7) is 2.54. The highest BCUT2D eigenvalue weighted by molar-refractivity contribution is 7.09. The molecule has 0 spiro atoms. The summed E-state index contributed by atoms with van der Waals surface area (Å²) >= 11 is 7.44. The molecule has 1 fully saturated rings. The zero-order valence-electron chi connectivity index (χ0n) is 12.1. The van der Waals surface area contributed by atoms with Crippen molar-refractivity contribution in [1.82, 2.24) is 15.6 Å². The maximum atomic E-state index is 12.2. The molecule has 0 bridgehead atoms. The van der Waals surface area contributed by atoms with Crippen LogP contribution in [-0.2, 0) is 6.54 Å². The van der Waals surface area contributed by atoms with Gasteiger partial charge in [-0.25, -0.2) is 4.98 Å². The van der Waals surface area contributed by atoms with E-state index in [2.05, 4.69) is 15.6 Å². The van der Waals surface area contributed by atoms with Gasteiger partial charge in [-0.15, -0.1) is 11.3 Å². The monoisotopic (exact) mass is 335 g/mol. The zero-order valence-corrected chi connectivity index (χ0v) is 13.7. The van der Waals surface area contributed by atoms with Gasteiger partial charge in [0, 0.05) is 22.9 Å². The van der Waals surface area contributed by atoms with E-state index in [9.17, 15) is 4.79 Å². The SMILES string of the molecule is O=C(NCc1ccc(Cl)cc1)c1csc(C2CCNCC2)n1. The maximum Gasteiger partial charge on any atom is 0.271 e. The summed E-state index contributed by atoms with van der Waals surface area (Å²) in [4.78, 5) is 16.7. The minimum atomic E-state index is -0.119. The van der Waals surface area contributed by atoms with Gasteiger partial charge in [0.15, 0.2) is 0 Å². The molecule has 2 aromatic rings. The number of benzene rings is 1. The molecule has 0 unspecified atom stereocenters. The van der Waals surface area contributed by atoms with E-state index in [-0.39, 0.29) is 5.91 Å². The van der Waals surface area contributed by atoms with Crippen LogP contribution in [0.1, 0.15) is 39.8 Å². The first-order valence-electron chi connectivity index (χ1n) is 7.41. The quantitative estimate of drug-likeness (QED) is 0.902. The Kier molecular flexibility index (Phi) is 5.08. The number of hydrogen-bond acceptors (Lipinski definition) is 4. The molecule has 6 heteroatoms. The highest BCUT2D eigenvalue weighted by Gasteiger charge is 2.20. The smallest absolute Gasteiger partial charge is 0.271 e. The third-order valence-electron chi connectivity index (χ3n) is 3.81. The van der Waals surface area contributed by atoms with E-state index < -0.39 is 0 Å². The number of amides is 1. The van der Waals surface area contributed by atoms with E-state index in [4.69, 9.17) is 11.6 Å². The fourth-order valence-corrected chi connectivity index (χ4v) is 3.62. The fourth-order valence-electron chi connectivity index (χ4n) is 2.52. The van der Waals surface area contributed by atoms with Crippen molar-refractivity contribution in [3.63, 3.8) is 0 Å². The van der Waals surface area contributed by atoms with E-state index >= 15 is 0 Å². The lowest BCUT2D eigenvalue weighted by molar-refractivity contribution is 0.0946. The van der Waals surface area contributed by atoms with Gasteiger partial charge >= 0.3 is 0 Å². The molecule has 2 N–H and O–H groups in total. The highest BCUT2D eigenvalue weighted by atomic mass is 35.5. The van der Waals surface area contributed by atoms with Crippen LogP contribution in [0.2, 0.25) is 5.02 Å². The number of thiazole rings is 1. The molecule has 3 rings (SSSR count). The number of halogens is 1. The van der Waals surface area contributed by atoms with Crippen molar-refractivity contribution in [2.75, 3.05) is 13.1 Å². The van der Waals surface area contributed by atoms with Crippen molar-refractivity contribution in [2.45, 2.75) is 25.3 Å². The molecule has 0 atom stereocenters. The van der Waals surface area contributed by atoms with Crippen molar-refractivity contribution >= 4 is 28.8 Å². The molecule has 2 heterocycles. The van der Waals surface area contributed by atoms with Gasteiger partial charge in [-0.05, 0) is 43.6 Å². The molecule has 22 heavy (non-hydrogen) atoms. The van der Waals surface area contributed by atoms with Crippen molar-refractivity contribution < 1.29 is 4.79 Å². The van der Waals surface area contributed by atoms with E-state index in [1.54, 1.807) is 11.3 Å². The van der Waals surface area contributed by atoms with E-state index in [0.717, 1.165) is 36.5 Å². The summed E-state index contributed by atoms with van der Waals surface area (Å²) in [6, 6.07) is 7.45. The van der Waals surface area contributed by atoms with E-state index in [1.807, 2.05) is 29.6 Å². The lowest BCUT2D eigenvalue weighted by Gasteiger charge is -2.20. The van der Waals surface area contributed by atoms with Gasteiger partial charge in [-0.2, -0.15) is 0 Å². The molecular formula is C16H18ClN3OS. The minimum Gasteiger partial charge on any atom is -0.347 e. The topological polar surface area (TPSA) is 54.0 Å². The second-order valence-corrected chi connectivity index (χ2v) is 6.73. The number of nitrogens with zero attached hydrogens (tertiary/aromatic N) is 1. The predicted octanol–water partition coefficient (Wildman–Crippen LogP) is 3.19. The first-order chi connectivity index (χ1) is 10.7. The number of carbonyl (C=O) groups excluding carboxylic acids is 1. The summed E-state index contributed by atoms with van der Waals surface area (Å²) in [5.74, 6) is 0.371. The third-order valence-corrected chi connectivity index (χ3v) is 5.07. The van der Waals surface area contributed by atoms with Crippen LogP contribution in [0, 0.1) is 0 Å². The van der Waals surface area contributed by atoms with Crippen LogP contribution in [0.3, 0.4) is 0 Å². The minimum absolute atomic E-state index is 0.119. The van der Waals surface area contributed by atoms with Crippen LogP contribution in [-0.4, -0.2) is 24.0 Å². The number of nitrogens with one attached hydrogen (secondary N) is 2. The first kappa shape index (κ1) is 15.5. The number of hydrogen-bond donors (Lipinski definition) is 2. The normalized spacial score (nSPS) is 15.7. The lowest BCUT2D eigenvalue weighted by Crippen LogP contribution is -2.27. The summed E-state index contributed by atoms with van der Waals surface area (Å²) < 4.78 is 0. The maximum absolute atomic E-state index is 12.2. The molecule has 0 radical (unpaired) electrons. The van der Waals surface area contributed by atoms with Gasteiger partial charge < -0.3 is 10.6 Å². The Morgan fingerprint density at radius 1 is 1.32 bits per heavy atom. The van der Waals surface area contributed by atoms with Crippen LogP contribution in [0.5, 0.6) is 0 Å². The molecule has 1 aliphatic heterocycles. The largest absolute Gasteiger partial charge is 0.347 e. The standard InChI is InChI=1S/C16H18ClN3OS/c17-13-3-1-11(2-4-13)9-19-15(21)14-10-22-16(20-14)12-5-7-18-8-6-12/h1-4,10,12,18H,5-9H2,(H,19,21).